The number of pyridine rings is 1. The Morgan fingerprint density at radius 3 is 2.81 bits per heavy atom. The molecule has 0 aromatic carbocycles. The summed E-state index contributed by atoms with van der Waals surface area (Å²) in [5.74, 6) is 0. The van der Waals surface area contributed by atoms with Gasteiger partial charge in [0.05, 0.1) is 0 Å². The highest BCUT2D eigenvalue weighted by Gasteiger charge is 2.19. The topological polar surface area (TPSA) is 46.8 Å². The highest BCUT2D eigenvalue weighted by molar-refractivity contribution is 9.10. The molecule has 2 aromatic heterocycles. The van der Waals surface area contributed by atoms with E-state index in [1.165, 1.54) is 0 Å². The largest absolute Gasteiger partial charge is 0.444 e. The minimum atomic E-state index is -0.473. The van der Waals surface area contributed by atoms with E-state index in [9.17, 15) is 4.79 Å². The van der Waals surface area contributed by atoms with Crippen LogP contribution in [0.2, 0.25) is 0 Å². The predicted molar refractivity (Wildman–Crippen MR) is 85.5 cm³/mol. The second kappa shape index (κ2) is 6.05. The fourth-order valence-electron chi connectivity index (χ4n) is 1.90. The summed E-state index contributed by atoms with van der Waals surface area (Å²) in [6, 6.07) is 3.91. The van der Waals surface area contributed by atoms with Crippen molar-refractivity contribution < 1.29 is 9.53 Å². The first-order valence-corrected chi connectivity index (χ1v) is 7.61. The number of carbonyl (C=O) groups excluding carboxylic acids is 1. The number of hydrogen-bond donors (Lipinski definition) is 0. The molecule has 0 aliphatic heterocycles. The summed E-state index contributed by atoms with van der Waals surface area (Å²) in [5, 5.41) is 0. The molecular weight excluding hydrogens is 334 g/mol. The van der Waals surface area contributed by atoms with Crippen LogP contribution in [0.1, 0.15) is 26.5 Å². The Morgan fingerprint density at radius 1 is 1.43 bits per heavy atom. The van der Waals surface area contributed by atoms with Crippen molar-refractivity contribution in [1.29, 1.82) is 0 Å². The Hall–Kier alpha value is -1.56. The third kappa shape index (κ3) is 4.20. The molecule has 0 fully saturated rings. The van der Waals surface area contributed by atoms with Gasteiger partial charge in [0, 0.05) is 42.6 Å². The zero-order chi connectivity index (χ0) is 15.6. The van der Waals surface area contributed by atoms with Crippen molar-refractivity contribution in [3.05, 3.63) is 34.7 Å². The Kier molecular flexibility index (Phi) is 4.56. The number of amides is 1. The molecule has 0 saturated carbocycles. The number of aromatic nitrogens is 2. The van der Waals surface area contributed by atoms with Crippen molar-refractivity contribution in [3.63, 3.8) is 0 Å². The van der Waals surface area contributed by atoms with E-state index in [1.54, 1.807) is 11.9 Å². The molecule has 0 N–H and O–H groups in total. The Labute approximate surface area is 133 Å². The molecule has 1 amide bonds. The number of ether oxygens (including phenoxy) is 1. The summed E-state index contributed by atoms with van der Waals surface area (Å²) in [7, 11) is 1.74. The highest BCUT2D eigenvalue weighted by Crippen LogP contribution is 2.14. The molecule has 6 heteroatoms. The van der Waals surface area contributed by atoms with Gasteiger partial charge in [-0.1, -0.05) is 0 Å². The van der Waals surface area contributed by atoms with Crippen LogP contribution in [0.5, 0.6) is 0 Å². The van der Waals surface area contributed by atoms with Crippen molar-refractivity contribution in [2.45, 2.75) is 32.8 Å². The second-order valence-electron chi connectivity index (χ2n) is 5.98. The Bertz CT molecular complexity index is 646. The number of nitrogens with zero attached hydrogens (tertiary/aromatic N) is 3. The van der Waals surface area contributed by atoms with Crippen molar-refractivity contribution in [2.75, 3.05) is 13.6 Å². The fraction of sp³-hybridized carbons (Fsp3) is 0.467. The average Bonchev–Trinajstić information content (AvgIpc) is 2.76. The summed E-state index contributed by atoms with van der Waals surface area (Å²) in [4.78, 5) is 17.8. The Balaban J connectivity index is 2.01. The minimum absolute atomic E-state index is 0.308. The fourth-order valence-corrected chi connectivity index (χ4v) is 2.24. The first kappa shape index (κ1) is 15.8. The quantitative estimate of drug-likeness (QED) is 0.848. The third-order valence-corrected chi connectivity index (χ3v) is 3.42. The number of rotatable bonds is 3. The zero-order valence-electron chi connectivity index (χ0n) is 12.8. The van der Waals surface area contributed by atoms with E-state index in [0.717, 1.165) is 15.8 Å². The molecule has 0 aliphatic rings. The van der Waals surface area contributed by atoms with Crippen molar-refractivity contribution >= 4 is 27.7 Å². The molecule has 0 aliphatic carbocycles. The molecule has 0 radical (unpaired) electrons. The van der Waals surface area contributed by atoms with Gasteiger partial charge in [-0.15, -0.1) is 0 Å². The van der Waals surface area contributed by atoms with Crippen LogP contribution in [-0.2, 0) is 11.2 Å². The molecule has 2 heterocycles. The second-order valence-corrected chi connectivity index (χ2v) is 6.89. The zero-order valence-corrected chi connectivity index (χ0v) is 14.3. The first-order chi connectivity index (χ1) is 9.76. The average molecular weight is 354 g/mol. The van der Waals surface area contributed by atoms with E-state index in [-0.39, 0.29) is 6.09 Å². The lowest BCUT2D eigenvalue weighted by atomic mass is 10.2. The van der Waals surface area contributed by atoms with Gasteiger partial charge in [0.25, 0.3) is 0 Å². The molecule has 0 saturated heterocycles. The van der Waals surface area contributed by atoms with E-state index in [0.29, 0.717) is 13.0 Å². The van der Waals surface area contributed by atoms with E-state index >= 15 is 0 Å². The first-order valence-electron chi connectivity index (χ1n) is 6.82. The summed E-state index contributed by atoms with van der Waals surface area (Å²) in [5.41, 5.74) is 1.48. The predicted octanol–water partition coefficient (Wildman–Crippen LogP) is 3.51. The van der Waals surface area contributed by atoms with Gasteiger partial charge in [-0.25, -0.2) is 9.78 Å². The van der Waals surface area contributed by atoms with Gasteiger partial charge >= 0.3 is 6.09 Å². The molecule has 2 rings (SSSR count). The molecule has 114 valence electrons. The number of hydrogen-bond acceptors (Lipinski definition) is 3. The lowest BCUT2D eigenvalue weighted by Gasteiger charge is -2.24. The lowest BCUT2D eigenvalue weighted by Crippen LogP contribution is -2.35. The van der Waals surface area contributed by atoms with E-state index in [2.05, 4.69) is 20.9 Å². The van der Waals surface area contributed by atoms with Crippen molar-refractivity contribution in [1.82, 2.24) is 14.3 Å². The van der Waals surface area contributed by atoms with Crippen LogP contribution in [0.15, 0.2) is 29.0 Å². The van der Waals surface area contributed by atoms with Crippen LogP contribution in [0.25, 0.3) is 5.65 Å². The summed E-state index contributed by atoms with van der Waals surface area (Å²) >= 11 is 3.45. The van der Waals surface area contributed by atoms with Gasteiger partial charge in [0.2, 0.25) is 0 Å². The van der Waals surface area contributed by atoms with Gasteiger partial charge in [-0.05, 0) is 48.8 Å². The number of halogens is 1. The molecule has 0 bridgehead atoms. The van der Waals surface area contributed by atoms with Crippen LogP contribution >= 0.6 is 15.9 Å². The summed E-state index contributed by atoms with van der Waals surface area (Å²) in [6.07, 6.45) is 4.22. The van der Waals surface area contributed by atoms with Gasteiger partial charge in [-0.3, -0.25) is 0 Å². The van der Waals surface area contributed by atoms with E-state index < -0.39 is 5.60 Å². The van der Waals surface area contributed by atoms with Crippen LogP contribution < -0.4 is 0 Å². The van der Waals surface area contributed by atoms with E-state index in [4.69, 9.17) is 4.74 Å². The van der Waals surface area contributed by atoms with Crippen molar-refractivity contribution in [2.24, 2.45) is 0 Å². The van der Waals surface area contributed by atoms with Crippen LogP contribution in [0.4, 0.5) is 4.79 Å². The molecular formula is C15H20BrN3O2. The molecule has 21 heavy (non-hydrogen) atoms. The summed E-state index contributed by atoms with van der Waals surface area (Å²) in [6.45, 7) is 6.16. The van der Waals surface area contributed by atoms with E-state index in [1.807, 2.05) is 49.7 Å². The monoisotopic (exact) mass is 353 g/mol. The maximum atomic E-state index is 11.9. The summed E-state index contributed by atoms with van der Waals surface area (Å²) < 4.78 is 8.35. The van der Waals surface area contributed by atoms with Crippen LogP contribution in [0.3, 0.4) is 0 Å². The molecule has 0 spiro atoms. The van der Waals surface area contributed by atoms with Gasteiger partial charge in [0.1, 0.15) is 11.2 Å². The highest BCUT2D eigenvalue weighted by atomic mass is 79.9. The smallest absolute Gasteiger partial charge is 0.410 e. The molecule has 0 atom stereocenters. The SMILES string of the molecule is CN(CCc1cnc2ccc(Br)cn12)C(=O)OC(C)(C)C. The molecule has 2 aromatic rings. The normalized spacial score (nSPS) is 11.7. The van der Waals surface area contributed by atoms with Crippen LogP contribution in [-0.4, -0.2) is 39.6 Å². The molecule has 0 unspecified atom stereocenters. The van der Waals surface area contributed by atoms with Gasteiger partial charge in [-0.2, -0.15) is 0 Å². The number of likely N-dealkylation sites (N-methyl/N-ethyl adjacent to an activating group) is 1. The standard InChI is InChI=1S/C15H20BrN3O2/c1-15(2,3)21-14(20)18(4)8-7-12-9-17-13-6-5-11(16)10-19(12)13/h5-6,9-10H,7-8H2,1-4H3. The maximum Gasteiger partial charge on any atom is 0.410 e. The van der Waals surface area contributed by atoms with Gasteiger partial charge < -0.3 is 14.0 Å². The number of carbonyl (C=O) groups is 1. The molecule has 5 nitrogen and oxygen atoms in total. The van der Waals surface area contributed by atoms with Gasteiger partial charge in [0.15, 0.2) is 0 Å². The van der Waals surface area contributed by atoms with Crippen molar-refractivity contribution in [3.8, 4) is 0 Å². The number of imidazole rings is 1. The van der Waals surface area contributed by atoms with Crippen LogP contribution in [0, 0.1) is 0 Å². The minimum Gasteiger partial charge on any atom is -0.444 e. The third-order valence-electron chi connectivity index (χ3n) is 2.95. The Morgan fingerprint density at radius 2 is 2.14 bits per heavy atom. The maximum absolute atomic E-state index is 11.9. The lowest BCUT2D eigenvalue weighted by molar-refractivity contribution is 0.0300. The number of fused-ring (bicyclic) bond motifs is 1.